The van der Waals surface area contributed by atoms with Crippen LogP contribution in [-0.2, 0) is 17.6 Å². The highest BCUT2D eigenvalue weighted by molar-refractivity contribution is 5.85. The maximum absolute atomic E-state index is 11.7. The number of hydrogen-bond donors (Lipinski definition) is 2. The summed E-state index contributed by atoms with van der Waals surface area (Å²) in [6.07, 6.45) is 5.72. The highest BCUT2D eigenvalue weighted by Gasteiger charge is 2.27. The Bertz CT molecular complexity index is 1230. The summed E-state index contributed by atoms with van der Waals surface area (Å²) in [5.41, 5.74) is 6.61. The molecule has 2 aromatic heterocycles. The topological polar surface area (TPSA) is 83.3 Å². The fourth-order valence-electron chi connectivity index (χ4n) is 5.79. The molecule has 2 aliphatic heterocycles. The first-order valence-corrected chi connectivity index (χ1v) is 13.2. The molecule has 8 heteroatoms. The highest BCUT2D eigenvalue weighted by atomic mass is 35.5. The first kappa shape index (κ1) is 29.7. The lowest BCUT2D eigenvalue weighted by molar-refractivity contribution is -0.137. The number of likely N-dealkylation sites (tertiary alicyclic amines) is 1. The smallest absolute Gasteiger partial charge is 0.304 e. The fourth-order valence-corrected chi connectivity index (χ4v) is 5.79. The summed E-state index contributed by atoms with van der Waals surface area (Å²) in [4.78, 5) is 19.1. The van der Waals surface area contributed by atoms with Gasteiger partial charge in [0.25, 0.3) is 0 Å². The van der Waals surface area contributed by atoms with Crippen LogP contribution in [0.3, 0.4) is 0 Å². The van der Waals surface area contributed by atoms with Crippen molar-refractivity contribution in [3.63, 3.8) is 0 Å². The van der Waals surface area contributed by atoms with Gasteiger partial charge in [-0.3, -0.25) is 4.79 Å². The van der Waals surface area contributed by atoms with Crippen LogP contribution < -0.4 is 5.32 Å². The third kappa shape index (κ3) is 7.14. The first-order valence-electron chi connectivity index (χ1n) is 13.2. The molecule has 0 bridgehead atoms. The lowest BCUT2D eigenvalue weighted by atomic mass is 9.94. The molecule has 7 nitrogen and oxygen atoms in total. The van der Waals surface area contributed by atoms with Gasteiger partial charge < -0.3 is 15.3 Å². The molecule has 3 aromatic rings. The molecule has 0 unspecified atom stereocenters. The maximum Gasteiger partial charge on any atom is 0.304 e. The number of rotatable bonds is 9. The van der Waals surface area contributed by atoms with Crippen LogP contribution in [0.1, 0.15) is 67.2 Å². The summed E-state index contributed by atoms with van der Waals surface area (Å²) in [7, 11) is 0. The lowest BCUT2D eigenvalue weighted by Gasteiger charge is -2.24. The number of aryl methyl sites for hydroxylation is 4. The Kier molecular flexibility index (Phi) is 10.3. The van der Waals surface area contributed by atoms with E-state index in [0.29, 0.717) is 5.92 Å². The van der Waals surface area contributed by atoms with Crippen molar-refractivity contribution >= 4 is 24.2 Å². The van der Waals surface area contributed by atoms with Crippen LogP contribution in [-0.4, -0.2) is 56.9 Å². The fraction of sp³-hybridized carbons (Fsp3) is 0.500. The predicted octanol–water partition coefficient (Wildman–Crippen LogP) is 5.81. The van der Waals surface area contributed by atoms with Crippen LogP contribution in [0.5, 0.6) is 0 Å². The second-order valence-electron chi connectivity index (χ2n) is 10.5. The molecule has 2 N–H and O–H groups in total. The van der Waals surface area contributed by atoms with Crippen molar-refractivity contribution < 1.29 is 9.90 Å². The van der Waals surface area contributed by atoms with Gasteiger partial charge in [-0.2, -0.15) is 5.10 Å². The van der Waals surface area contributed by atoms with Gasteiger partial charge in [0.05, 0.1) is 17.8 Å². The number of fused-ring (bicyclic) bond motifs is 1. The van der Waals surface area contributed by atoms with Crippen molar-refractivity contribution in [3.8, 4) is 5.69 Å². The molecular formula is C30H42ClN5O2. The number of nitrogens with zero attached hydrogens (tertiary/aromatic N) is 4. The summed E-state index contributed by atoms with van der Waals surface area (Å²) in [5.74, 6) is 0.902. The van der Waals surface area contributed by atoms with E-state index in [-0.39, 0.29) is 32.2 Å². The first-order chi connectivity index (χ1) is 17.4. The molecule has 1 saturated heterocycles. The van der Waals surface area contributed by atoms with Crippen LogP contribution in [0.15, 0.2) is 42.5 Å². The molecule has 1 aromatic carbocycles. The quantitative estimate of drug-likeness (QED) is 0.357. The number of carboxylic acid groups (broad SMARTS) is 1. The monoisotopic (exact) mass is 539 g/mol. The Morgan fingerprint density at radius 1 is 1.21 bits per heavy atom. The number of halogens is 1. The molecule has 2 aliphatic rings. The summed E-state index contributed by atoms with van der Waals surface area (Å²) in [5, 5.41) is 17.7. The van der Waals surface area contributed by atoms with E-state index in [2.05, 4.69) is 45.6 Å². The Balaban J connectivity index is 0.00000200. The van der Waals surface area contributed by atoms with Crippen LogP contribution in [0.4, 0.5) is 5.82 Å². The lowest BCUT2D eigenvalue weighted by Crippen LogP contribution is -2.28. The number of carbonyl (C=O) groups is 1. The van der Waals surface area contributed by atoms with Gasteiger partial charge in [0, 0.05) is 36.9 Å². The number of hydrogen-bond acceptors (Lipinski definition) is 5. The SMILES string of the molecule is C.Cc1cc(C)n(-c2cccc([C@H](CC(=O)O)CN3CC[C@@H](CCc4ccc5c(n4)NCCC5)C3)c2)n1.Cl. The molecule has 5 rings (SSSR count). The molecule has 0 radical (unpaired) electrons. The van der Waals surface area contributed by atoms with Gasteiger partial charge in [0.2, 0.25) is 0 Å². The van der Waals surface area contributed by atoms with E-state index >= 15 is 0 Å². The molecule has 1 fully saturated rings. The Morgan fingerprint density at radius 2 is 2.05 bits per heavy atom. The molecular weight excluding hydrogens is 498 g/mol. The third-order valence-electron chi connectivity index (χ3n) is 7.63. The third-order valence-corrected chi connectivity index (χ3v) is 7.63. The minimum atomic E-state index is -0.751. The summed E-state index contributed by atoms with van der Waals surface area (Å²) >= 11 is 0. The number of pyridine rings is 1. The zero-order valence-electron chi connectivity index (χ0n) is 21.8. The average Bonchev–Trinajstić information content (AvgIpc) is 3.47. The van der Waals surface area contributed by atoms with Gasteiger partial charge >= 0.3 is 5.97 Å². The van der Waals surface area contributed by atoms with Gasteiger partial charge in [-0.25, -0.2) is 9.67 Å². The molecule has 2 atom stereocenters. The molecule has 206 valence electrons. The van der Waals surface area contributed by atoms with E-state index in [1.54, 1.807) is 0 Å². The Hall–Kier alpha value is -2.90. The number of benzene rings is 1. The van der Waals surface area contributed by atoms with Crippen molar-refractivity contribution in [2.24, 2.45) is 5.92 Å². The number of aromatic nitrogens is 3. The largest absolute Gasteiger partial charge is 0.481 e. The molecule has 4 heterocycles. The Labute approximate surface area is 233 Å². The molecule has 0 aliphatic carbocycles. The van der Waals surface area contributed by atoms with Crippen molar-refractivity contribution in [3.05, 3.63) is 70.7 Å². The summed E-state index contributed by atoms with van der Waals surface area (Å²) < 4.78 is 1.94. The van der Waals surface area contributed by atoms with Crippen LogP contribution >= 0.6 is 12.4 Å². The molecule has 0 amide bonds. The van der Waals surface area contributed by atoms with Crippen LogP contribution in [0.25, 0.3) is 5.69 Å². The molecule has 0 saturated carbocycles. The van der Waals surface area contributed by atoms with Crippen molar-refractivity contribution in [2.45, 2.75) is 65.7 Å². The van der Waals surface area contributed by atoms with E-state index in [1.165, 1.54) is 17.7 Å². The normalized spacial score (nSPS) is 17.6. The van der Waals surface area contributed by atoms with Gasteiger partial charge in [0.15, 0.2) is 0 Å². The Morgan fingerprint density at radius 3 is 2.82 bits per heavy atom. The maximum atomic E-state index is 11.7. The van der Waals surface area contributed by atoms with E-state index < -0.39 is 5.97 Å². The zero-order chi connectivity index (χ0) is 25.1. The van der Waals surface area contributed by atoms with Crippen molar-refractivity contribution in [1.82, 2.24) is 19.7 Å². The van der Waals surface area contributed by atoms with E-state index in [9.17, 15) is 9.90 Å². The second-order valence-corrected chi connectivity index (χ2v) is 10.5. The predicted molar refractivity (Wildman–Crippen MR) is 156 cm³/mol. The van der Waals surface area contributed by atoms with E-state index in [1.807, 2.05) is 30.7 Å². The zero-order valence-corrected chi connectivity index (χ0v) is 22.6. The van der Waals surface area contributed by atoms with Gasteiger partial charge in [-0.15, -0.1) is 12.4 Å². The second kappa shape index (κ2) is 13.3. The minimum absolute atomic E-state index is 0. The van der Waals surface area contributed by atoms with Crippen LogP contribution in [0, 0.1) is 19.8 Å². The highest BCUT2D eigenvalue weighted by Crippen LogP contribution is 2.29. The van der Waals surface area contributed by atoms with E-state index in [0.717, 1.165) is 80.3 Å². The van der Waals surface area contributed by atoms with Crippen molar-refractivity contribution in [2.75, 3.05) is 31.5 Å². The van der Waals surface area contributed by atoms with Gasteiger partial charge in [0.1, 0.15) is 5.82 Å². The standard InChI is InChI=1S/C29H37N5O2.CH4.ClH/c1-20-15-21(2)34(32-20)27-7-3-5-24(16-27)25(17-28(35)36)19-33-14-12-22(18-33)8-10-26-11-9-23-6-4-13-30-29(23)31-26;;/h3,5,7,9,11,15-16,22,25H,4,6,8,10,12-14,17-19H2,1-2H3,(H,30,31)(H,35,36);1H4;1H/t22-,25-;;/m1../s1. The number of anilines is 1. The molecule has 0 spiro atoms. The van der Waals surface area contributed by atoms with Crippen LogP contribution in [0.2, 0.25) is 0 Å². The van der Waals surface area contributed by atoms with Gasteiger partial charge in [-0.1, -0.05) is 25.6 Å². The van der Waals surface area contributed by atoms with Gasteiger partial charge in [-0.05, 0) is 93.8 Å². The number of nitrogens with one attached hydrogen (secondary N) is 1. The number of aliphatic carboxylic acids is 1. The summed E-state index contributed by atoms with van der Waals surface area (Å²) in [6.45, 7) is 7.87. The minimum Gasteiger partial charge on any atom is -0.481 e. The number of carboxylic acids is 1. The van der Waals surface area contributed by atoms with Crippen molar-refractivity contribution in [1.29, 1.82) is 0 Å². The molecule has 38 heavy (non-hydrogen) atoms. The van der Waals surface area contributed by atoms with E-state index in [4.69, 9.17) is 4.98 Å². The average molecular weight is 540 g/mol. The summed E-state index contributed by atoms with van der Waals surface area (Å²) in [6, 6.07) is 14.7.